The topological polar surface area (TPSA) is 80.0 Å². The Hall–Kier alpha value is -1.60. The molecule has 110 valence electrons. The molecule has 0 aliphatic heterocycles. The number of rotatable bonds is 3. The van der Waals surface area contributed by atoms with Gasteiger partial charge in [0.1, 0.15) is 17.3 Å². The van der Waals surface area contributed by atoms with Gasteiger partial charge in [0, 0.05) is 0 Å². The zero-order chi connectivity index (χ0) is 15.6. The maximum absolute atomic E-state index is 13.1. The van der Waals surface area contributed by atoms with Crippen molar-refractivity contribution in [3.05, 3.63) is 50.8 Å². The third-order valence-corrected chi connectivity index (χ3v) is 3.36. The Labute approximate surface area is 134 Å². The number of halogens is 4. The van der Waals surface area contributed by atoms with E-state index in [1.54, 1.807) is 0 Å². The van der Waals surface area contributed by atoms with Crippen molar-refractivity contribution in [3.8, 4) is 0 Å². The van der Waals surface area contributed by atoms with Gasteiger partial charge in [-0.2, -0.15) is 0 Å². The summed E-state index contributed by atoms with van der Waals surface area (Å²) in [6.07, 6.45) is 0. The van der Waals surface area contributed by atoms with Gasteiger partial charge in [-0.15, -0.1) is 0 Å². The number of carbonyl (C=O) groups excluding carboxylic acids is 1. The molecule has 1 aromatic carbocycles. The zero-order valence-electron chi connectivity index (χ0n) is 10.3. The van der Waals surface area contributed by atoms with E-state index in [4.69, 9.17) is 40.6 Å². The fourth-order valence-electron chi connectivity index (χ4n) is 1.52. The van der Waals surface area contributed by atoms with Crippen LogP contribution in [-0.4, -0.2) is 10.9 Å². The molecule has 1 heterocycles. The number of hydrogen-bond donors (Lipinski definition) is 3. The van der Waals surface area contributed by atoms with Gasteiger partial charge in [-0.3, -0.25) is 4.79 Å². The second kappa shape index (κ2) is 6.44. The highest BCUT2D eigenvalue weighted by atomic mass is 35.5. The van der Waals surface area contributed by atoms with E-state index in [1.165, 1.54) is 12.1 Å². The number of aromatic nitrogens is 1. The highest BCUT2D eigenvalue weighted by Gasteiger charge is 2.17. The summed E-state index contributed by atoms with van der Waals surface area (Å²) in [6.45, 7) is 0. The van der Waals surface area contributed by atoms with Gasteiger partial charge >= 0.3 is 0 Å². The van der Waals surface area contributed by atoms with E-state index in [1.807, 2.05) is 0 Å². The number of amides is 1. The molecule has 0 fully saturated rings. The van der Waals surface area contributed by atoms with E-state index in [0.717, 1.165) is 12.1 Å². The minimum absolute atomic E-state index is 0.0439. The van der Waals surface area contributed by atoms with Crippen LogP contribution in [0.2, 0.25) is 15.1 Å². The highest BCUT2D eigenvalue weighted by Crippen LogP contribution is 2.32. The molecule has 0 spiro atoms. The molecular weight excluding hydrogens is 342 g/mol. The van der Waals surface area contributed by atoms with Crippen LogP contribution in [0.25, 0.3) is 0 Å². The monoisotopic (exact) mass is 348 g/mol. The Morgan fingerprint density at radius 2 is 1.76 bits per heavy atom. The Kier molecular flexibility index (Phi) is 4.84. The van der Waals surface area contributed by atoms with Crippen molar-refractivity contribution < 1.29 is 9.18 Å². The highest BCUT2D eigenvalue weighted by molar-refractivity contribution is 6.40. The fraction of sp³-hybridized carbons (Fsp3) is 0. The fourth-order valence-corrected chi connectivity index (χ4v) is 2.26. The lowest BCUT2D eigenvalue weighted by Gasteiger charge is -2.10. The first-order chi connectivity index (χ1) is 9.92. The van der Waals surface area contributed by atoms with Crippen molar-refractivity contribution in [1.29, 1.82) is 0 Å². The largest absolute Gasteiger partial charge is 0.318 e. The lowest BCUT2D eigenvalue weighted by Crippen LogP contribution is -2.17. The van der Waals surface area contributed by atoms with Crippen LogP contribution in [0.15, 0.2) is 24.3 Å². The van der Waals surface area contributed by atoms with Gasteiger partial charge < -0.3 is 10.7 Å². The number of nitrogen functional groups attached to an aromatic ring is 1. The van der Waals surface area contributed by atoms with Crippen molar-refractivity contribution in [2.24, 2.45) is 5.84 Å². The molecular formula is C12H8Cl3FN4O. The smallest absolute Gasteiger partial charge is 0.275 e. The first kappa shape index (κ1) is 15.8. The quantitative estimate of drug-likeness (QED) is 0.583. The maximum atomic E-state index is 13.1. The first-order valence-corrected chi connectivity index (χ1v) is 6.65. The number of pyridine rings is 1. The molecule has 1 aromatic heterocycles. The van der Waals surface area contributed by atoms with Crippen LogP contribution in [0.1, 0.15) is 10.5 Å². The molecule has 0 aliphatic rings. The molecule has 4 N–H and O–H groups in total. The molecule has 0 bridgehead atoms. The molecule has 0 aliphatic carbocycles. The molecule has 21 heavy (non-hydrogen) atoms. The van der Waals surface area contributed by atoms with Crippen LogP contribution >= 0.6 is 34.8 Å². The van der Waals surface area contributed by atoms with Crippen molar-refractivity contribution in [1.82, 2.24) is 4.98 Å². The molecule has 0 saturated carbocycles. The summed E-state index contributed by atoms with van der Waals surface area (Å²) in [6, 6.07) is 5.00. The van der Waals surface area contributed by atoms with E-state index in [2.05, 4.69) is 15.7 Å². The van der Waals surface area contributed by atoms with Crippen LogP contribution in [0.4, 0.5) is 15.9 Å². The summed E-state index contributed by atoms with van der Waals surface area (Å²) < 4.78 is 13.1. The van der Waals surface area contributed by atoms with Crippen molar-refractivity contribution >= 4 is 52.2 Å². The molecule has 2 aromatic rings. The van der Waals surface area contributed by atoms with Gasteiger partial charge in [0.25, 0.3) is 5.91 Å². The van der Waals surface area contributed by atoms with E-state index in [9.17, 15) is 9.18 Å². The van der Waals surface area contributed by atoms with Crippen molar-refractivity contribution in [3.63, 3.8) is 0 Å². The third-order valence-electron chi connectivity index (χ3n) is 2.45. The van der Waals surface area contributed by atoms with Gasteiger partial charge in [0.15, 0.2) is 0 Å². The lowest BCUT2D eigenvalue weighted by molar-refractivity contribution is 0.102. The van der Waals surface area contributed by atoms with E-state index in [0.29, 0.717) is 0 Å². The second-order valence-electron chi connectivity index (χ2n) is 3.87. The average molecular weight is 350 g/mol. The predicted molar refractivity (Wildman–Crippen MR) is 81.4 cm³/mol. The third kappa shape index (κ3) is 3.54. The lowest BCUT2D eigenvalue weighted by atomic mass is 10.2. The minimum Gasteiger partial charge on any atom is -0.318 e. The van der Waals surface area contributed by atoms with Crippen LogP contribution in [-0.2, 0) is 0 Å². The number of hydrazine groups is 1. The number of hydrogen-bond acceptors (Lipinski definition) is 4. The molecule has 0 radical (unpaired) electrons. The molecule has 9 heteroatoms. The molecule has 5 nitrogen and oxygen atoms in total. The number of nitrogens with zero attached hydrogens (tertiary/aromatic N) is 1. The number of carbonyl (C=O) groups is 1. The maximum Gasteiger partial charge on any atom is 0.275 e. The van der Waals surface area contributed by atoms with Gasteiger partial charge in [0.05, 0.1) is 20.8 Å². The molecule has 0 unspecified atom stereocenters. The number of anilines is 2. The van der Waals surface area contributed by atoms with Crippen molar-refractivity contribution in [2.75, 3.05) is 10.7 Å². The summed E-state index contributed by atoms with van der Waals surface area (Å²) in [4.78, 5) is 16.1. The molecule has 1 amide bonds. The van der Waals surface area contributed by atoms with Crippen LogP contribution in [0.5, 0.6) is 0 Å². The van der Waals surface area contributed by atoms with Gasteiger partial charge in [-0.05, 0) is 24.3 Å². The zero-order valence-corrected chi connectivity index (χ0v) is 12.5. The second-order valence-corrected chi connectivity index (χ2v) is 5.09. The number of nitrogens with two attached hydrogens (primary N) is 1. The summed E-state index contributed by atoms with van der Waals surface area (Å²) in [5.74, 6) is 4.19. The molecule has 0 atom stereocenters. The van der Waals surface area contributed by atoms with E-state index < -0.39 is 11.7 Å². The summed E-state index contributed by atoms with van der Waals surface area (Å²) in [7, 11) is 0. The first-order valence-electron chi connectivity index (χ1n) is 5.51. The summed E-state index contributed by atoms with van der Waals surface area (Å²) in [5.41, 5.74) is 2.28. The predicted octanol–water partition coefficient (Wildman–Crippen LogP) is 3.72. The van der Waals surface area contributed by atoms with Gasteiger partial charge in [-0.1, -0.05) is 34.8 Å². The van der Waals surface area contributed by atoms with Gasteiger partial charge in [0.2, 0.25) is 0 Å². The van der Waals surface area contributed by atoms with E-state index >= 15 is 0 Å². The Morgan fingerprint density at radius 1 is 1.14 bits per heavy atom. The van der Waals surface area contributed by atoms with Crippen molar-refractivity contribution in [2.45, 2.75) is 0 Å². The standard InChI is InChI=1S/C12H8Cl3FN4O/c13-6-1-2-9(20-17)18-11(6)12(21)19-10-7(14)3-5(16)4-8(10)15/h1-4H,17H2,(H,18,20)(H,19,21). The summed E-state index contributed by atoms with van der Waals surface area (Å²) in [5, 5.41) is 2.45. The Bertz CT molecular complexity index is 688. The minimum atomic E-state index is -0.660. The normalized spacial score (nSPS) is 10.3. The van der Waals surface area contributed by atoms with Crippen LogP contribution in [0, 0.1) is 5.82 Å². The van der Waals surface area contributed by atoms with E-state index in [-0.39, 0.29) is 32.3 Å². The SMILES string of the molecule is NNc1ccc(Cl)c(C(=O)Nc2c(Cl)cc(F)cc2Cl)n1. The Morgan fingerprint density at radius 3 is 2.33 bits per heavy atom. The van der Waals surface area contributed by atoms with Crippen LogP contribution < -0.4 is 16.6 Å². The molecule has 2 rings (SSSR count). The Balaban J connectivity index is 2.35. The summed E-state index contributed by atoms with van der Waals surface area (Å²) >= 11 is 17.6. The number of nitrogens with one attached hydrogen (secondary N) is 2. The van der Waals surface area contributed by atoms with Gasteiger partial charge in [-0.25, -0.2) is 15.2 Å². The number of benzene rings is 1. The average Bonchev–Trinajstić information content (AvgIpc) is 2.43. The van der Waals surface area contributed by atoms with Crippen LogP contribution in [0.3, 0.4) is 0 Å². The molecule has 0 saturated heterocycles.